The van der Waals surface area contributed by atoms with Gasteiger partial charge in [-0.2, -0.15) is 18.3 Å². The van der Waals surface area contributed by atoms with E-state index in [1.807, 2.05) is 12.1 Å². The second kappa shape index (κ2) is 7.92. The number of nitrogens with one attached hydrogen (secondary N) is 1. The number of anilines is 2. The summed E-state index contributed by atoms with van der Waals surface area (Å²) in [6.07, 6.45) is 0.922. The zero-order valence-electron chi connectivity index (χ0n) is 17.9. The highest BCUT2D eigenvalue weighted by Gasteiger charge is 2.49. The maximum Gasteiger partial charge on any atom is 0.391 e. The van der Waals surface area contributed by atoms with Crippen molar-refractivity contribution in [2.24, 2.45) is 11.3 Å². The molecule has 1 aliphatic heterocycles. The molecule has 1 spiro atoms. The smallest absolute Gasteiger partial charge is 0.371 e. The topological polar surface area (TPSA) is 50.2 Å². The maximum absolute atomic E-state index is 13.1. The van der Waals surface area contributed by atoms with E-state index >= 15 is 0 Å². The number of aromatic nitrogens is 2. The monoisotopic (exact) mass is 558 g/mol. The molecule has 32 heavy (non-hydrogen) atoms. The number of nitrogens with zero attached hydrogens (tertiary/aromatic N) is 3. The first-order valence-corrected chi connectivity index (χ1v) is 12.2. The molecule has 0 bridgehead atoms. The van der Waals surface area contributed by atoms with Crippen molar-refractivity contribution in [3.05, 3.63) is 39.1 Å². The van der Waals surface area contributed by atoms with Crippen molar-refractivity contribution < 1.29 is 18.0 Å². The molecular formula is C23H26F3IN4O. The Kier molecular flexibility index (Phi) is 5.45. The molecular weight excluding hydrogens is 532 g/mol. The molecule has 3 aliphatic rings. The molecule has 2 saturated carbocycles. The van der Waals surface area contributed by atoms with Crippen molar-refractivity contribution in [2.75, 3.05) is 23.3 Å². The standard InChI is InChI=1S/C23H26F3IN4O/c1-14-10-20(29-31(14)17-11-15(12-17)23(24,25)26)28-21(32)18-3-2-16(27)13-19(18)30-8-6-22(4-5-22)7-9-30/h2-3,10,13,15,17H,4-9,11-12H2,1H3,(H,28,29,32). The molecule has 1 amide bonds. The fraction of sp³-hybridized carbons (Fsp3) is 0.565. The van der Waals surface area contributed by atoms with Crippen molar-refractivity contribution >= 4 is 40.0 Å². The van der Waals surface area contributed by atoms with E-state index in [1.54, 1.807) is 17.7 Å². The predicted octanol–water partition coefficient (Wildman–Crippen LogP) is 5.94. The third-order valence-electron chi connectivity index (χ3n) is 7.41. The van der Waals surface area contributed by atoms with Crippen molar-refractivity contribution in [1.82, 2.24) is 9.78 Å². The van der Waals surface area contributed by atoms with Gasteiger partial charge in [-0.1, -0.05) is 0 Å². The predicted molar refractivity (Wildman–Crippen MR) is 125 cm³/mol. The number of aryl methyl sites for hydroxylation is 1. The average molecular weight is 558 g/mol. The van der Waals surface area contributed by atoms with Crippen LogP contribution >= 0.6 is 22.6 Å². The second-order valence-electron chi connectivity index (χ2n) is 9.58. The summed E-state index contributed by atoms with van der Waals surface area (Å²) < 4.78 is 41.2. The van der Waals surface area contributed by atoms with Gasteiger partial charge in [-0.3, -0.25) is 9.48 Å². The third-order valence-corrected chi connectivity index (χ3v) is 8.08. The van der Waals surface area contributed by atoms with Crippen LogP contribution in [0.25, 0.3) is 0 Å². The van der Waals surface area contributed by atoms with Crippen molar-refractivity contribution in [3.8, 4) is 0 Å². The SMILES string of the molecule is Cc1cc(NC(=O)c2ccc(I)cc2N2CCC3(CC2)CC3)nn1C1CC(C(F)(F)F)C1. The highest BCUT2D eigenvalue weighted by atomic mass is 127. The number of hydrogen-bond donors (Lipinski definition) is 1. The summed E-state index contributed by atoms with van der Waals surface area (Å²) >= 11 is 2.26. The number of benzene rings is 1. The van der Waals surface area contributed by atoms with Crippen LogP contribution in [0.4, 0.5) is 24.7 Å². The fourth-order valence-electron chi connectivity index (χ4n) is 5.01. The van der Waals surface area contributed by atoms with Crippen LogP contribution < -0.4 is 10.2 Å². The summed E-state index contributed by atoms with van der Waals surface area (Å²) in [7, 11) is 0. The Hall–Kier alpha value is -1.78. The minimum absolute atomic E-state index is 0.0388. The first-order chi connectivity index (χ1) is 15.1. The number of hydrogen-bond acceptors (Lipinski definition) is 3. The lowest BCUT2D eigenvalue weighted by atomic mass is 9.80. The van der Waals surface area contributed by atoms with Crippen LogP contribution in [0.15, 0.2) is 24.3 Å². The number of carbonyl (C=O) groups excluding carboxylic acids is 1. The van der Waals surface area contributed by atoms with Gasteiger partial charge < -0.3 is 10.2 Å². The first kappa shape index (κ1) is 22.0. The summed E-state index contributed by atoms with van der Waals surface area (Å²) in [5.74, 6) is -1.12. The largest absolute Gasteiger partial charge is 0.391 e. The Balaban J connectivity index is 1.30. The van der Waals surface area contributed by atoms with E-state index < -0.39 is 12.1 Å². The van der Waals surface area contributed by atoms with E-state index in [-0.39, 0.29) is 24.8 Å². The molecule has 2 aromatic rings. The van der Waals surface area contributed by atoms with Gasteiger partial charge in [0.15, 0.2) is 5.82 Å². The number of carbonyl (C=O) groups is 1. The lowest BCUT2D eigenvalue weighted by Gasteiger charge is -2.37. The molecule has 0 radical (unpaired) electrons. The van der Waals surface area contributed by atoms with Crippen molar-refractivity contribution in [1.29, 1.82) is 0 Å². The van der Waals surface area contributed by atoms with Crippen LogP contribution in [-0.4, -0.2) is 35.0 Å². The first-order valence-electron chi connectivity index (χ1n) is 11.1. The minimum Gasteiger partial charge on any atom is -0.371 e. The highest BCUT2D eigenvalue weighted by Crippen LogP contribution is 2.54. The molecule has 3 fully saturated rings. The van der Waals surface area contributed by atoms with Crippen molar-refractivity contribution in [3.63, 3.8) is 0 Å². The summed E-state index contributed by atoms with van der Waals surface area (Å²) in [5, 5.41) is 7.27. The zero-order chi connectivity index (χ0) is 22.7. The Morgan fingerprint density at radius 1 is 1.16 bits per heavy atom. The van der Waals surface area contributed by atoms with Gasteiger partial charge in [-0.15, -0.1) is 0 Å². The van der Waals surface area contributed by atoms with Gasteiger partial charge in [0.1, 0.15) is 0 Å². The third kappa shape index (κ3) is 4.24. The molecule has 0 atom stereocenters. The molecule has 2 heterocycles. The molecule has 1 aromatic heterocycles. The molecule has 5 rings (SSSR count). The zero-order valence-corrected chi connectivity index (χ0v) is 20.0. The van der Waals surface area contributed by atoms with Crippen LogP contribution in [0, 0.1) is 21.8 Å². The van der Waals surface area contributed by atoms with Gasteiger partial charge in [0, 0.05) is 28.4 Å². The lowest BCUT2D eigenvalue weighted by Crippen LogP contribution is -2.37. The van der Waals surface area contributed by atoms with Crippen LogP contribution in [0.2, 0.25) is 0 Å². The Morgan fingerprint density at radius 2 is 1.84 bits per heavy atom. The van der Waals surface area contributed by atoms with E-state index in [9.17, 15) is 18.0 Å². The van der Waals surface area contributed by atoms with Crippen LogP contribution in [0.3, 0.4) is 0 Å². The molecule has 9 heteroatoms. The minimum atomic E-state index is -4.15. The van der Waals surface area contributed by atoms with E-state index in [1.165, 1.54) is 25.7 Å². The number of halogens is 4. The van der Waals surface area contributed by atoms with Gasteiger partial charge in [0.2, 0.25) is 0 Å². The van der Waals surface area contributed by atoms with E-state index in [2.05, 4.69) is 44.0 Å². The Morgan fingerprint density at radius 3 is 2.47 bits per heavy atom. The maximum atomic E-state index is 13.1. The molecule has 172 valence electrons. The van der Waals surface area contributed by atoms with Crippen molar-refractivity contribution in [2.45, 2.75) is 57.7 Å². The molecule has 5 nitrogen and oxygen atoms in total. The molecule has 2 aliphatic carbocycles. The summed E-state index contributed by atoms with van der Waals surface area (Å²) in [6, 6.07) is 7.27. The number of rotatable bonds is 4. The summed E-state index contributed by atoms with van der Waals surface area (Å²) in [4.78, 5) is 15.4. The van der Waals surface area contributed by atoms with Gasteiger partial charge in [0.25, 0.3) is 5.91 Å². The molecule has 0 unspecified atom stereocenters. The average Bonchev–Trinajstić information content (AvgIpc) is 3.34. The van der Waals surface area contributed by atoms with Crippen LogP contribution in [-0.2, 0) is 0 Å². The summed E-state index contributed by atoms with van der Waals surface area (Å²) in [5.41, 5.74) is 2.84. The van der Waals surface area contributed by atoms with Gasteiger partial charge >= 0.3 is 6.18 Å². The molecule has 1 saturated heterocycles. The van der Waals surface area contributed by atoms with Gasteiger partial charge in [-0.05, 0) is 91.7 Å². The van der Waals surface area contributed by atoms with Gasteiger partial charge in [0.05, 0.1) is 23.2 Å². The number of amides is 1. The fourth-order valence-corrected chi connectivity index (χ4v) is 5.49. The normalized spacial score (nSPS) is 24.3. The lowest BCUT2D eigenvalue weighted by molar-refractivity contribution is -0.203. The highest BCUT2D eigenvalue weighted by molar-refractivity contribution is 14.1. The van der Waals surface area contributed by atoms with E-state index in [4.69, 9.17) is 0 Å². The van der Waals surface area contributed by atoms with E-state index in [0.29, 0.717) is 16.8 Å². The van der Waals surface area contributed by atoms with Crippen LogP contribution in [0.1, 0.15) is 60.6 Å². The van der Waals surface area contributed by atoms with Crippen LogP contribution in [0.5, 0.6) is 0 Å². The number of piperidine rings is 1. The quantitative estimate of drug-likeness (QED) is 0.473. The van der Waals surface area contributed by atoms with Gasteiger partial charge in [-0.25, -0.2) is 0 Å². The van der Waals surface area contributed by atoms with E-state index in [0.717, 1.165) is 28.0 Å². The molecule has 1 aromatic carbocycles. The molecule has 1 N–H and O–H groups in total. The number of alkyl halides is 3. The second-order valence-corrected chi connectivity index (χ2v) is 10.8. The Labute approximate surface area is 198 Å². The summed E-state index contributed by atoms with van der Waals surface area (Å²) in [6.45, 7) is 3.72. The Bertz CT molecular complexity index is 1030.